The van der Waals surface area contributed by atoms with Crippen LogP contribution in [0.3, 0.4) is 0 Å². The van der Waals surface area contributed by atoms with Gasteiger partial charge in [0.2, 0.25) is 0 Å². The standard InChI is InChI=1S/C25H25FN2O2/c26-21-13-11-19(12-14-21)16-22-7-4-10-24(27-22)20-6-5-15-28(17-20)25(29)18-30-23-8-2-1-3-9-23/h1-4,7-14,20H,5-6,15-18H2. The van der Waals surface area contributed by atoms with E-state index in [4.69, 9.17) is 9.72 Å². The van der Waals surface area contributed by atoms with Gasteiger partial charge in [0.05, 0.1) is 0 Å². The number of likely N-dealkylation sites (tertiary alicyclic amines) is 1. The first-order valence-corrected chi connectivity index (χ1v) is 10.3. The second-order valence-electron chi connectivity index (χ2n) is 7.64. The second kappa shape index (κ2) is 9.53. The molecule has 1 aliphatic heterocycles. The molecular formula is C25H25FN2O2. The van der Waals surface area contributed by atoms with Crippen molar-refractivity contribution in [2.45, 2.75) is 25.2 Å². The van der Waals surface area contributed by atoms with E-state index in [9.17, 15) is 9.18 Å². The molecule has 4 rings (SSSR count). The van der Waals surface area contributed by atoms with Gasteiger partial charge in [-0.3, -0.25) is 9.78 Å². The van der Waals surface area contributed by atoms with Crippen LogP contribution in [-0.4, -0.2) is 35.5 Å². The smallest absolute Gasteiger partial charge is 0.260 e. The highest BCUT2D eigenvalue weighted by Crippen LogP contribution is 2.26. The van der Waals surface area contributed by atoms with Gasteiger partial charge < -0.3 is 9.64 Å². The van der Waals surface area contributed by atoms with E-state index in [-0.39, 0.29) is 24.2 Å². The van der Waals surface area contributed by atoms with Crippen molar-refractivity contribution in [3.63, 3.8) is 0 Å². The zero-order valence-corrected chi connectivity index (χ0v) is 16.8. The van der Waals surface area contributed by atoms with Crippen LogP contribution in [0.4, 0.5) is 4.39 Å². The van der Waals surface area contributed by atoms with Crippen molar-refractivity contribution in [3.8, 4) is 5.75 Å². The number of aromatic nitrogens is 1. The Balaban J connectivity index is 1.38. The highest BCUT2D eigenvalue weighted by Gasteiger charge is 2.26. The quantitative estimate of drug-likeness (QED) is 0.603. The molecule has 0 N–H and O–H groups in total. The molecule has 0 radical (unpaired) electrons. The highest BCUT2D eigenvalue weighted by atomic mass is 19.1. The van der Waals surface area contributed by atoms with Gasteiger partial charge in [-0.2, -0.15) is 0 Å². The van der Waals surface area contributed by atoms with E-state index in [2.05, 4.69) is 0 Å². The molecule has 1 amide bonds. The number of halogens is 1. The molecule has 4 nitrogen and oxygen atoms in total. The summed E-state index contributed by atoms with van der Waals surface area (Å²) < 4.78 is 18.8. The maximum absolute atomic E-state index is 13.1. The second-order valence-corrected chi connectivity index (χ2v) is 7.64. The van der Waals surface area contributed by atoms with Crippen LogP contribution in [-0.2, 0) is 11.2 Å². The minimum atomic E-state index is -0.233. The van der Waals surface area contributed by atoms with Crippen LogP contribution in [0.5, 0.6) is 5.75 Å². The summed E-state index contributed by atoms with van der Waals surface area (Å²) in [6, 6.07) is 22.0. The monoisotopic (exact) mass is 404 g/mol. The zero-order valence-electron chi connectivity index (χ0n) is 16.8. The number of hydrogen-bond acceptors (Lipinski definition) is 3. The molecule has 30 heavy (non-hydrogen) atoms. The number of benzene rings is 2. The molecular weight excluding hydrogens is 379 g/mol. The Labute approximate surface area is 176 Å². The van der Waals surface area contributed by atoms with Gasteiger partial charge in [-0.05, 0) is 54.8 Å². The first-order valence-electron chi connectivity index (χ1n) is 10.3. The average Bonchev–Trinajstić information content (AvgIpc) is 2.80. The molecule has 0 bridgehead atoms. The van der Waals surface area contributed by atoms with E-state index in [1.807, 2.05) is 53.4 Å². The van der Waals surface area contributed by atoms with Gasteiger partial charge in [0.1, 0.15) is 11.6 Å². The fourth-order valence-corrected chi connectivity index (χ4v) is 3.83. The summed E-state index contributed by atoms with van der Waals surface area (Å²) in [6.07, 6.45) is 2.62. The number of carbonyl (C=O) groups is 1. The van der Waals surface area contributed by atoms with Gasteiger partial charge in [0, 0.05) is 36.8 Å². The van der Waals surface area contributed by atoms with Gasteiger partial charge >= 0.3 is 0 Å². The molecule has 154 valence electrons. The normalized spacial score (nSPS) is 16.3. The molecule has 1 unspecified atom stereocenters. The molecule has 0 spiro atoms. The Morgan fingerprint density at radius 1 is 1.03 bits per heavy atom. The topological polar surface area (TPSA) is 42.4 Å². The van der Waals surface area contributed by atoms with Crippen LogP contribution in [0.15, 0.2) is 72.8 Å². The lowest BCUT2D eigenvalue weighted by Crippen LogP contribution is -2.41. The molecule has 0 saturated carbocycles. The van der Waals surface area contributed by atoms with E-state index in [0.29, 0.717) is 18.7 Å². The van der Waals surface area contributed by atoms with Crippen molar-refractivity contribution in [3.05, 3.63) is 95.6 Å². The molecule has 2 heterocycles. The third-order valence-corrected chi connectivity index (χ3v) is 5.42. The third-order valence-electron chi connectivity index (χ3n) is 5.42. The molecule has 3 aromatic rings. The van der Waals surface area contributed by atoms with Gasteiger partial charge in [-0.1, -0.05) is 36.4 Å². The maximum atomic E-state index is 13.1. The van der Waals surface area contributed by atoms with E-state index in [1.165, 1.54) is 12.1 Å². The van der Waals surface area contributed by atoms with Crippen LogP contribution in [0, 0.1) is 5.82 Å². The first-order chi connectivity index (χ1) is 14.7. The molecule has 0 aliphatic carbocycles. The van der Waals surface area contributed by atoms with Gasteiger partial charge in [-0.15, -0.1) is 0 Å². The Kier molecular flexibility index (Phi) is 6.38. The molecule has 2 aromatic carbocycles. The number of hydrogen-bond donors (Lipinski definition) is 0. The van der Waals surface area contributed by atoms with Crippen molar-refractivity contribution in [2.75, 3.05) is 19.7 Å². The molecule has 1 fully saturated rings. The number of amides is 1. The van der Waals surface area contributed by atoms with Crippen molar-refractivity contribution in [1.29, 1.82) is 0 Å². The van der Waals surface area contributed by atoms with Crippen LogP contribution in [0.1, 0.15) is 35.7 Å². The summed E-state index contributed by atoms with van der Waals surface area (Å²) in [5.41, 5.74) is 2.99. The number of carbonyl (C=O) groups excluding carboxylic acids is 1. The summed E-state index contributed by atoms with van der Waals surface area (Å²) in [5.74, 6) is 0.692. The number of rotatable bonds is 6. The number of piperidine rings is 1. The summed E-state index contributed by atoms with van der Waals surface area (Å²) in [6.45, 7) is 1.46. The summed E-state index contributed by atoms with van der Waals surface area (Å²) >= 11 is 0. The van der Waals surface area contributed by atoms with Crippen molar-refractivity contribution >= 4 is 5.91 Å². The average molecular weight is 404 g/mol. The largest absolute Gasteiger partial charge is 0.484 e. The van der Waals surface area contributed by atoms with E-state index in [1.54, 1.807) is 12.1 Å². The number of nitrogens with zero attached hydrogens (tertiary/aromatic N) is 2. The van der Waals surface area contributed by atoms with Crippen LogP contribution >= 0.6 is 0 Å². The van der Waals surface area contributed by atoms with E-state index in [0.717, 1.165) is 36.3 Å². The fraction of sp³-hybridized carbons (Fsp3) is 0.280. The Bertz CT molecular complexity index is 976. The Morgan fingerprint density at radius 3 is 2.63 bits per heavy atom. The fourth-order valence-electron chi connectivity index (χ4n) is 3.83. The van der Waals surface area contributed by atoms with E-state index >= 15 is 0 Å². The first kappa shape index (κ1) is 20.1. The number of ether oxygens (including phenoxy) is 1. The van der Waals surface area contributed by atoms with Crippen LogP contribution in [0.2, 0.25) is 0 Å². The van der Waals surface area contributed by atoms with Crippen LogP contribution in [0.25, 0.3) is 0 Å². The number of pyridine rings is 1. The van der Waals surface area contributed by atoms with Crippen molar-refractivity contribution in [1.82, 2.24) is 9.88 Å². The summed E-state index contributed by atoms with van der Waals surface area (Å²) in [7, 11) is 0. The minimum Gasteiger partial charge on any atom is -0.484 e. The lowest BCUT2D eigenvalue weighted by atomic mass is 9.94. The summed E-state index contributed by atoms with van der Waals surface area (Å²) in [5, 5.41) is 0. The minimum absolute atomic E-state index is 0.00557. The van der Waals surface area contributed by atoms with Crippen molar-refractivity contribution in [2.24, 2.45) is 0 Å². The molecule has 5 heteroatoms. The summed E-state index contributed by atoms with van der Waals surface area (Å²) in [4.78, 5) is 19.4. The highest BCUT2D eigenvalue weighted by molar-refractivity contribution is 5.78. The predicted octanol–water partition coefficient (Wildman–Crippen LogP) is 4.60. The van der Waals surface area contributed by atoms with E-state index < -0.39 is 0 Å². The molecule has 1 aliphatic rings. The van der Waals surface area contributed by atoms with Crippen molar-refractivity contribution < 1.29 is 13.9 Å². The lowest BCUT2D eigenvalue weighted by molar-refractivity contribution is -0.134. The third kappa shape index (κ3) is 5.23. The SMILES string of the molecule is O=C(COc1ccccc1)N1CCCC(c2cccc(Cc3ccc(F)cc3)n2)C1. The molecule has 1 aromatic heterocycles. The van der Waals surface area contributed by atoms with Gasteiger partial charge in [-0.25, -0.2) is 4.39 Å². The van der Waals surface area contributed by atoms with Crippen LogP contribution < -0.4 is 4.74 Å². The number of para-hydroxylation sites is 1. The predicted molar refractivity (Wildman–Crippen MR) is 114 cm³/mol. The Hall–Kier alpha value is -3.21. The lowest BCUT2D eigenvalue weighted by Gasteiger charge is -2.32. The zero-order chi connectivity index (χ0) is 20.8. The van der Waals surface area contributed by atoms with Gasteiger partial charge in [0.15, 0.2) is 6.61 Å². The Morgan fingerprint density at radius 2 is 1.83 bits per heavy atom. The maximum Gasteiger partial charge on any atom is 0.260 e. The van der Waals surface area contributed by atoms with Gasteiger partial charge in [0.25, 0.3) is 5.91 Å². The molecule has 1 atom stereocenters. The molecule has 1 saturated heterocycles.